The normalized spacial score (nSPS) is 18.1. The van der Waals surface area contributed by atoms with Gasteiger partial charge in [-0.05, 0) is 24.3 Å². The molecule has 0 aromatic heterocycles. The lowest BCUT2D eigenvalue weighted by Gasteiger charge is -2.36. The van der Waals surface area contributed by atoms with Gasteiger partial charge in [0.05, 0.1) is 0 Å². The van der Waals surface area contributed by atoms with Gasteiger partial charge in [-0.2, -0.15) is 13.2 Å². The molecule has 1 heterocycles. The van der Waals surface area contributed by atoms with Crippen molar-refractivity contribution in [3.05, 3.63) is 34.5 Å². The lowest BCUT2D eigenvalue weighted by molar-refractivity contribution is -0.155. The number of anilines is 1. The maximum absolute atomic E-state index is 13.3. The first-order valence-electron chi connectivity index (χ1n) is 6.25. The number of hydrogen-bond acceptors (Lipinski definition) is 3. The second-order valence-electron chi connectivity index (χ2n) is 4.63. The van der Waals surface area contributed by atoms with Crippen molar-refractivity contribution in [1.29, 1.82) is 0 Å². The van der Waals surface area contributed by atoms with E-state index in [0.717, 1.165) is 4.90 Å². The van der Waals surface area contributed by atoms with Crippen molar-refractivity contribution < 1.29 is 22.7 Å². The zero-order valence-corrected chi connectivity index (χ0v) is 12.1. The number of carbonyl (C=O) groups is 1. The van der Waals surface area contributed by atoms with E-state index in [9.17, 15) is 18.0 Å². The van der Waals surface area contributed by atoms with Gasteiger partial charge in [0, 0.05) is 29.7 Å². The number of carbonyl (C=O) groups excluding carboxylic acids is 1. The van der Waals surface area contributed by atoms with Gasteiger partial charge in [0.1, 0.15) is 5.76 Å². The SMILES string of the molecule is CCC(=O)OC1=Cc2cc(Cl)ccc2N(C)C1C(F)(F)F. The Balaban J connectivity index is 2.52. The minimum absolute atomic E-state index is 0.00592. The summed E-state index contributed by atoms with van der Waals surface area (Å²) < 4.78 is 44.7. The fraction of sp³-hybridized carbons (Fsp3) is 0.357. The number of likely N-dealkylation sites (N-methyl/N-ethyl adjacent to an activating group) is 1. The lowest BCUT2D eigenvalue weighted by atomic mass is 10.0. The van der Waals surface area contributed by atoms with E-state index in [0.29, 0.717) is 16.3 Å². The zero-order chi connectivity index (χ0) is 15.8. The molecule has 0 saturated heterocycles. The molecule has 0 bridgehead atoms. The van der Waals surface area contributed by atoms with Crippen LogP contribution in [0.25, 0.3) is 6.08 Å². The van der Waals surface area contributed by atoms with E-state index in [1.807, 2.05) is 0 Å². The number of benzene rings is 1. The summed E-state index contributed by atoms with van der Waals surface area (Å²) in [6.07, 6.45) is -3.35. The number of halogens is 4. The van der Waals surface area contributed by atoms with Crippen LogP contribution in [0.15, 0.2) is 24.0 Å². The maximum atomic E-state index is 13.3. The van der Waals surface area contributed by atoms with Gasteiger partial charge in [0.2, 0.25) is 0 Å². The number of rotatable bonds is 2. The highest BCUT2D eigenvalue weighted by atomic mass is 35.5. The molecule has 21 heavy (non-hydrogen) atoms. The Labute approximate surface area is 124 Å². The molecule has 0 saturated carbocycles. The summed E-state index contributed by atoms with van der Waals surface area (Å²) in [6.45, 7) is 1.52. The van der Waals surface area contributed by atoms with Gasteiger partial charge in [0.15, 0.2) is 6.04 Å². The lowest BCUT2D eigenvalue weighted by Crippen LogP contribution is -2.47. The molecule has 2 rings (SSSR count). The van der Waals surface area contributed by atoms with Gasteiger partial charge in [-0.1, -0.05) is 18.5 Å². The number of esters is 1. The first-order valence-corrected chi connectivity index (χ1v) is 6.63. The molecular weight excluding hydrogens is 307 g/mol. The predicted octanol–water partition coefficient (Wildman–Crippen LogP) is 4.01. The molecule has 1 aromatic rings. The van der Waals surface area contributed by atoms with Crippen LogP contribution in [0.4, 0.5) is 18.9 Å². The summed E-state index contributed by atoms with van der Waals surface area (Å²) in [5.74, 6) is -1.15. The molecule has 0 amide bonds. The van der Waals surface area contributed by atoms with Crippen LogP contribution in [0, 0.1) is 0 Å². The van der Waals surface area contributed by atoms with Crippen LogP contribution < -0.4 is 4.90 Å². The Hall–Kier alpha value is -1.69. The molecule has 1 atom stereocenters. The Morgan fingerprint density at radius 2 is 2.10 bits per heavy atom. The molecule has 1 unspecified atom stereocenters. The number of alkyl halides is 3. The summed E-state index contributed by atoms with van der Waals surface area (Å²) in [7, 11) is 1.30. The number of fused-ring (bicyclic) bond motifs is 1. The van der Waals surface area contributed by atoms with E-state index in [1.165, 1.54) is 38.2 Å². The topological polar surface area (TPSA) is 29.5 Å². The quantitative estimate of drug-likeness (QED) is 0.771. The maximum Gasteiger partial charge on any atom is 0.416 e. The standard InChI is InChI=1S/C14H13ClF3NO2/c1-3-12(20)21-11-7-8-6-9(15)4-5-10(8)19(2)13(11)14(16,17)18/h4-7,13H,3H2,1-2H3. The van der Waals surface area contributed by atoms with E-state index in [2.05, 4.69) is 0 Å². The highest BCUT2D eigenvalue weighted by Gasteiger charge is 2.48. The van der Waals surface area contributed by atoms with E-state index in [4.69, 9.17) is 16.3 Å². The minimum Gasteiger partial charge on any atom is -0.428 e. The second-order valence-corrected chi connectivity index (χ2v) is 5.07. The van der Waals surface area contributed by atoms with E-state index in [1.54, 1.807) is 0 Å². The highest BCUT2D eigenvalue weighted by molar-refractivity contribution is 6.30. The molecule has 1 aliphatic heterocycles. The monoisotopic (exact) mass is 319 g/mol. The average molecular weight is 320 g/mol. The Morgan fingerprint density at radius 1 is 1.43 bits per heavy atom. The van der Waals surface area contributed by atoms with Crippen LogP contribution in [0.1, 0.15) is 18.9 Å². The molecule has 7 heteroatoms. The summed E-state index contributed by atoms with van der Waals surface area (Å²) in [6, 6.07) is 2.55. The largest absolute Gasteiger partial charge is 0.428 e. The fourth-order valence-corrected chi connectivity index (χ4v) is 2.37. The Kier molecular flexibility index (Phi) is 4.18. The molecule has 114 valence electrons. The summed E-state index contributed by atoms with van der Waals surface area (Å²) in [4.78, 5) is 12.4. The summed E-state index contributed by atoms with van der Waals surface area (Å²) in [5.41, 5.74) is 0.849. The molecule has 0 fully saturated rings. The van der Waals surface area contributed by atoms with Crippen LogP contribution in [0.3, 0.4) is 0 Å². The van der Waals surface area contributed by atoms with Crippen LogP contribution in [-0.2, 0) is 9.53 Å². The van der Waals surface area contributed by atoms with Crippen LogP contribution in [0.2, 0.25) is 5.02 Å². The minimum atomic E-state index is -4.56. The summed E-state index contributed by atoms with van der Waals surface area (Å²) >= 11 is 5.85. The van der Waals surface area contributed by atoms with Gasteiger partial charge < -0.3 is 9.64 Å². The van der Waals surface area contributed by atoms with Gasteiger partial charge in [-0.15, -0.1) is 0 Å². The number of nitrogens with zero attached hydrogens (tertiary/aromatic N) is 1. The van der Waals surface area contributed by atoms with Crippen molar-refractivity contribution in [3.63, 3.8) is 0 Å². The Morgan fingerprint density at radius 3 is 2.67 bits per heavy atom. The van der Waals surface area contributed by atoms with Crippen LogP contribution in [-0.4, -0.2) is 25.2 Å². The van der Waals surface area contributed by atoms with E-state index < -0.39 is 23.9 Å². The molecular formula is C14H13ClF3NO2. The fourth-order valence-electron chi connectivity index (χ4n) is 2.19. The third-order valence-electron chi connectivity index (χ3n) is 3.15. The first kappa shape index (κ1) is 15.7. The molecule has 0 N–H and O–H groups in total. The van der Waals surface area contributed by atoms with Gasteiger partial charge in [0.25, 0.3) is 0 Å². The number of hydrogen-bond donors (Lipinski definition) is 0. The van der Waals surface area contributed by atoms with Crippen molar-refractivity contribution in [2.24, 2.45) is 0 Å². The highest BCUT2D eigenvalue weighted by Crippen LogP contribution is 2.40. The first-order chi connectivity index (χ1) is 9.74. The molecule has 0 radical (unpaired) electrons. The third-order valence-corrected chi connectivity index (χ3v) is 3.39. The Bertz CT molecular complexity index is 598. The van der Waals surface area contributed by atoms with Crippen molar-refractivity contribution >= 4 is 29.3 Å². The number of ether oxygens (including phenoxy) is 1. The van der Waals surface area contributed by atoms with Crippen LogP contribution >= 0.6 is 11.6 Å². The molecule has 1 aromatic carbocycles. The van der Waals surface area contributed by atoms with E-state index >= 15 is 0 Å². The molecule has 0 spiro atoms. The van der Waals surface area contributed by atoms with Crippen molar-refractivity contribution in [2.75, 3.05) is 11.9 Å². The van der Waals surface area contributed by atoms with Gasteiger partial charge in [-0.3, -0.25) is 4.79 Å². The van der Waals surface area contributed by atoms with Crippen molar-refractivity contribution in [1.82, 2.24) is 0 Å². The summed E-state index contributed by atoms with van der Waals surface area (Å²) in [5, 5.41) is 0.394. The molecule has 3 nitrogen and oxygen atoms in total. The zero-order valence-electron chi connectivity index (χ0n) is 11.4. The second kappa shape index (κ2) is 5.60. The van der Waals surface area contributed by atoms with Crippen molar-refractivity contribution in [3.8, 4) is 0 Å². The van der Waals surface area contributed by atoms with Gasteiger partial charge in [-0.25, -0.2) is 0 Å². The van der Waals surface area contributed by atoms with Gasteiger partial charge >= 0.3 is 12.1 Å². The molecule has 1 aliphatic rings. The van der Waals surface area contributed by atoms with Crippen LogP contribution in [0.5, 0.6) is 0 Å². The van der Waals surface area contributed by atoms with Crippen molar-refractivity contribution in [2.45, 2.75) is 25.6 Å². The molecule has 0 aliphatic carbocycles. The smallest absolute Gasteiger partial charge is 0.416 e. The van der Waals surface area contributed by atoms with E-state index in [-0.39, 0.29) is 6.42 Å². The third kappa shape index (κ3) is 3.15. The average Bonchev–Trinajstić information content (AvgIpc) is 2.36. The predicted molar refractivity (Wildman–Crippen MR) is 74.1 cm³/mol.